The zero-order valence-electron chi connectivity index (χ0n) is 10.0. The molecule has 17 heavy (non-hydrogen) atoms. The summed E-state index contributed by atoms with van der Waals surface area (Å²) in [5.74, 6) is 1.93. The third kappa shape index (κ3) is 1.53. The van der Waals surface area contributed by atoms with Gasteiger partial charge in [0.15, 0.2) is 0 Å². The van der Waals surface area contributed by atoms with E-state index >= 15 is 0 Å². The summed E-state index contributed by atoms with van der Waals surface area (Å²) in [6.45, 7) is 4.56. The van der Waals surface area contributed by atoms with Crippen molar-refractivity contribution >= 4 is 0 Å². The van der Waals surface area contributed by atoms with E-state index in [4.69, 9.17) is 4.74 Å². The molecule has 5 aliphatic heterocycles. The first-order valence-electron chi connectivity index (χ1n) is 6.63. The van der Waals surface area contributed by atoms with E-state index in [1.807, 2.05) is 0 Å². The van der Waals surface area contributed by atoms with E-state index in [2.05, 4.69) is 34.4 Å². The van der Waals surface area contributed by atoms with Gasteiger partial charge in [-0.2, -0.15) is 0 Å². The molecular weight excluding hydrogens is 212 g/mol. The Hall–Kier alpha value is -1.22. The summed E-state index contributed by atoms with van der Waals surface area (Å²) >= 11 is 0. The summed E-state index contributed by atoms with van der Waals surface area (Å²) in [5, 5.41) is 0. The van der Waals surface area contributed by atoms with Gasteiger partial charge in [-0.15, -0.1) is 0 Å². The Morgan fingerprint density at radius 2 is 2.12 bits per heavy atom. The van der Waals surface area contributed by atoms with Crippen LogP contribution in [-0.2, 0) is 4.74 Å². The number of allylic oxidation sites excluding steroid dienone is 1. The molecule has 0 aliphatic carbocycles. The molecule has 0 aromatic carbocycles. The molecule has 3 nitrogen and oxygen atoms in total. The Bertz CT molecular complexity index is 416. The highest BCUT2D eigenvalue weighted by Gasteiger charge is 2.37. The SMILES string of the molecule is C1=CN([C@@H]2CN3CCC2CC3)C=C2OCC=C12. The van der Waals surface area contributed by atoms with Crippen molar-refractivity contribution < 1.29 is 4.74 Å². The number of rotatable bonds is 1. The van der Waals surface area contributed by atoms with Gasteiger partial charge in [0.2, 0.25) is 0 Å². The highest BCUT2D eigenvalue weighted by Crippen LogP contribution is 2.34. The van der Waals surface area contributed by atoms with Crippen molar-refractivity contribution in [3.63, 3.8) is 0 Å². The van der Waals surface area contributed by atoms with Gasteiger partial charge in [-0.25, -0.2) is 0 Å². The lowest BCUT2D eigenvalue weighted by Gasteiger charge is -2.48. The second kappa shape index (κ2) is 3.64. The average Bonchev–Trinajstić information content (AvgIpc) is 2.87. The fourth-order valence-corrected chi connectivity index (χ4v) is 3.49. The Kier molecular flexibility index (Phi) is 2.09. The van der Waals surface area contributed by atoms with E-state index in [1.54, 1.807) is 0 Å². The topological polar surface area (TPSA) is 15.7 Å². The number of hydrogen-bond acceptors (Lipinski definition) is 3. The molecule has 0 unspecified atom stereocenters. The monoisotopic (exact) mass is 230 g/mol. The molecule has 5 aliphatic rings. The molecule has 0 aromatic rings. The Balaban J connectivity index is 1.58. The molecule has 2 bridgehead atoms. The van der Waals surface area contributed by atoms with Crippen LogP contribution >= 0.6 is 0 Å². The van der Waals surface area contributed by atoms with Crippen LogP contribution in [0.3, 0.4) is 0 Å². The molecular formula is C14H18N2O. The Morgan fingerprint density at radius 1 is 1.24 bits per heavy atom. The molecule has 90 valence electrons. The van der Waals surface area contributed by atoms with Crippen molar-refractivity contribution in [1.82, 2.24) is 9.80 Å². The van der Waals surface area contributed by atoms with Crippen molar-refractivity contribution in [3.8, 4) is 0 Å². The van der Waals surface area contributed by atoms with E-state index in [9.17, 15) is 0 Å². The number of hydrogen-bond donors (Lipinski definition) is 0. The second-order valence-corrected chi connectivity index (χ2v) is 5.43. The summed E-state index contributed by atoms with van der Waals surface area (Å²) in [6, 6.07) is 0.659. The highest BCUT2D eigenvalue weighted by atomic mass is 16.5. The molecule has 3 heteroatoms. The second-order valence-electron chi connectivity index (χ2n) is 5.43. The minimum atomic E-state index is 0.659. The van der Waals surface area contributed by atoms with Crippen LogP contribution in [0, 0.1) is 5.92 Å². The predicted molar refractivity (Wildman–Crippen MR) is 66.0 cm³/mol. The van der Waals surface area contributed by atoms with Gasteiger partial charge in [-0.1, -0.05) is 0 Å². The maximum Gasteiger partial charge on any atom is 0.143 e. The summed E-state index contributed by atoms with van der Waals surface area (Å²) in [6.07, 6.45) is 11.5. The molecule has 0 amide bonds. The molecule has 0 spiro atoms. The third-order valence-electron chi connectivity index (χ3n) is 4.52. The number of ether oxygens (including phenoxy) is 1. The lowest BCUT2D eigenvalue weighted by atomic mass is 9.83. The van der Waals surface area contributed by atoms with Crippen molar-refractivity contribution in [2.45, 2.75) is 18.9 Å². The van der Waals surface area contributed by atoms with Crippen molar-refractivity contribution in [2.24, 2.45) is 5.92 Å². The summed E-state index contributed by atoms with van der Waals surface area (Å²) in [5.41, 5.74) is 1.25. The lowest BCUT2D eigenvalue weighted by molar-refractivity contribution is 0.0399. The van der Waals surface area contributed by atoms with Crippen LogP contribution in [0.15, 0.2) is 35.9 Å². The minimum Gasteiger partial charge on any atom is -0.487 e. The first-order chi connectivity index (χ1) is 8.40. The molecule has 0 N–H and O–H groups in total. The largest absolute Gasteiger partial charge is 0.487 e. The van der Waals surface area contributed by atoms with Crippen LogP contribution in [0.25, 0.3) is 0 Å². The summed E-state index contributed by atoms with van der Waals surface area (Å²) < 4.78 is 5.62. The molecule has 5 rings (SSSR count). The van der Waals surface area contributed by atoms with Gasteiger partial charge in [-0.3, -0.25) is 0 Å². The Labute approximate surface area is 102 Å². The van der Waals surface area contributed by atoms with Gasteiger partial charge in [-0.05, 0) is 44.0 Å². The Morgan fingerprint density at radius 3 is 2.88 bits per heavy atom. The van der Waals surface area contributed by atoms with Crippen LogP contribution in [-0.4, -0.2) is 42.1 Å². The van der Waals surface area contributed by atoms with Gasteiger partial charge in [0.05, 0.1) is 0 Å². The number of fused-ring (bicyclic) bond motifs is 4. The summed E-state index contributed by atoms with van der Waals surface area (Å²) in [4.78, 5) is 4.98. The van der Waals surface area contributed by atoms with Crippen molar-refractivity contribution in [1.29, 1.82) is 0 Å². The maximum atomic E-state index is 5.62. The maximum absolute atomic E-state index is 5.62. The van der Waals surface area contributed by atoms with Crippen LogP contribution in [0.5, 0.6) is 0 Å². The van der Waals surface area contributed by atoms with Crippen molar-refractivity contribution in [2.75, 3.05) is 26.2 Å². The van der Waals surface area contributed by atoms with Crippen LogP contribution in [0.2, 0.25) is 0 Å². The molecule has 1 atom stereocenters. The van der Waals surface area contributed by atoms with Crippen molar-refractivity contribution in [3.05, 3.63) is 35.9 Å². The standard InChI is InChI=1S/C14H18N2O/c1-5-15-6-2-11(1)13(9-15)16-7-3-12-4-8-17-14(12)10-16/h3-4,7,10-11,13H,1-2,5-6,8-9H2/t13-/m1/s1. The van der Waals surface area contributed by atoms with Gasteiger partial charge in [0, 0.05) is 30.6 Å². The lowest BCUT2D eigenvalue weighted by Crippen LogP contribution is -2.55. The van der Waals surface area contributed by atoms with Gasteiger partial charge in [0.1, 0.15) is 12.4 Å². The van der Waals surface area contributed by atoms with E-state index in [-0.39, 0.29) is 0 Å². The summed E-state index contributed by atoms with van der Waals surface area (Å²) in [7, 11) is 0. The first kappa shape index (κ1) is 9.77. The zero-order valence-corrected chi connectivity index (χ0v) is 10.0. The van der Waals surface area contributed by atoms with Gasteiger partial charge < -0.3 is 14.5 Å². The average molecular weight is 230 g/mol. The predicted octanol–water partition coefficient (Wildman–Crippen LogP) is 1.71. The molecule has 3 saturated heterocycles. The molecule has 0 radical (unpaired) electrons. The normalized spacial score (nSPS) is 38.6. The zero-order chi connectivity index (χ0) is 11.2. The smallest absolute Gasteiger partial charge is 0.143 e. The third-order valence-corrected chi connectivity index (χ3v) is 4.52. The van der Waals surface area contributed by atoms with E-state index in [0.717, 1.165) is 18.3 Å². The van der Waals surface area contributed by atoms with E-state index in [0.29, 0.717) is 6.04 Å². The van der Waals surface area contributed by atoms with Crippen LogP contribution < -0.4 is 0 Å². The number of nitrogens with zero attached hydrogens (tertiary/aromatic N) is 2. The quantitative estimate of drug-likeness (QED) is 0.682. The van der Waals surface area contributed by atoms with Gasteiger partial charge >= 0.3 is 0 Å². The molecule has 0 aromatic heterocycles. The van der Waals surface area contributed by atoms with E-state index < -0.39 is 0 Å². The van der Waals surface area contributed by atoms with Crippen LogP contribution in [0.4, 0.5) is 0 Å². The molecule has 3 fully saturated rings. The fourth-order valence-electron chi connectivity index (χ4n) is 3.49. The van der Waals surface area contributed by atoms with E-state index in [1.165, 1.54) is 38.0 Å². The van der Waals surface area contributed by atoms with Gasteiger partial charge in [0.25, 0.3) is 0 Å². The molecule has 0 saturated carbocycles. The minimum absolute atomic E-state index is 0.659. The highest BCUT2D eigenvalue weighted by molar-refractivity contribution is 5.41. The number of piperidine rings is 3. The van der Waals surface area contributed by atoms with Crippen LogP contribution in [0.1, 0.15) is 12.8 Å². The first-order valence-corrected chi connectivity index (χ1v) is 6.63. The fraction of sp³-hybridized carbons (Fsp3) is 0.571. The molecule has 5 heterocycles.